The number of azo groups is 1. The van der Waals surface area contributed by atoms with Gasteiger partial charge in [0, 0.05) is 0 Å². The van der Waals surface area contributed by atoms with Crippen molar-refractivity contribution >= 4 is 11.9 Å². The van der Waals surface area contributed by atoms with Crippen LogP contribution in [-0.4, -0.2) is 22.0 Å². The number of rotatable bonds is 2. The van der Waals surface area contributed by atoms with Crippen LogP contribution in [0.4, 0.5) is 0 Å². The topological polar surface area (TPSA) is 188 Å². The monoisotopic (exact) mass is 204 g/mol. The van der Waals surface area contributed by atoms with Gasteiger partial charge in [0.1, 0.15) is 10.2 Å². The maximum absolute atomic E-state index is 9.70. The first kappa shape index (κ1) is 11.3. The van der Waals surface area contributed by atoms with Crippen molar-refractivity contribution in [3.8, 4) is 0 Å². The van der Waals surface area contributed by atoms with E-state index in [9.17, 15) is 20.2 Å². The molecular formula is C2H4N8O4. The zero-order valence-electron chi connectivity index (χ0n) is 6.47. The summed E-state index contributed by atoms with van der Waals surface area (Å²) in [6, 6.07) is 0. The maximum atomic E-state index is 9.70. The predicted molar refractivity (Wildman–Crippen MR) is 42.1 cm³/mol. The average molecular weight is 204 g/mol. The van der Waals surface area contributed by atoms with Crippen molar-refractivity contribution < 1.29 is 10.1 Å². The molecule has 0 aromatic heterocycles. The molecule has 0 bridgehead atoms. The van der Waals surface area contributed by atoms with Crippen LogP contribution in [0.2, 0.25) is 0 Å². The molecule has 0 aliphatic carbocycles. The summed E-state index contributed by atoms with van der Waals surface area (Å²) in [5.41, 5.74) is 9.64. The first-order chi connectivity index (χ1) is 6.41. The van der Waals surface area contributed by atoms with Crippen LogP contribution in [0.15, 0.2) is 20.4 Å². The molecule has 0 aromatic carbocycles. The number of hydrogen-bond acceptors (Lipinski definition) is 4. The van der Waals surface area contributed by atoms with Gasteiger partial charge in [-0.2, -0.15) is 0 Å². The number of hydrazone groups is 2. The minimum absolute atomic E-state index is 0.809. The number of nitrogens with zero attached hydrogens (tertiary/aromatic N) is 6. The van der Waals surface area contributed by atoms with E-state index in [2.05, 4.69) is 20.4 Å². The first-order valence-corrected chi connectivity index (χ1v) is 2.80. The predicted octanol–water partition coefficient (Wildman–Crippen LogP) is -1.55. The second-order valence-electron chi connectivity index (χ2n) is 1.59. The van der Waals surface area contributed by atoms with Crippen LogP contribution in [0.25, 0.3) is 0 Å². The summed E-state index contributed by atoms with van der Waals surface area (Å²) >= 11 is 0. The second kappa shape index (κ2) is 5.07. The van der Waals surface area contributed by atoms with Crippen molar-refractivity contribution in [1.82, 2.24) is 0 Å². The molecule has 0 atom stereocenters. The lowest BCUT2D eigenvalue weighted by Gasteiger charge is -1.83. The highest BCUT2D eigenvalue weighted by atomic mass is 16.7. The van der Waals surface area contributed by atoms with Crippen LogP contribution in [0.5, 0.6) is 0 Å². The van der Waals surface area contributed by atoms with Crippen LogP contribution in [-0.2, 0) is 0 Å². The van der Waals surface area contributed by atoms with E-state index in [1.165, 1.54) is 0 Å². The number of guanidine groups is 2. The Morgan fingerprint density at radius 1 is 0.929 bits per heavy atom. The van der Waals surface area contributed by atoms with Gasteiger partial charge in [-0.05, 0) is 0 Å². The first-order valence-electron chi connectivity index (χ1n) is 2.80. The summed E-state index contributed by atoms with van der Waals surface area (Å²) in [6.07, 6.45) is 0. The third-order valence-corrected chi connectivity index (χ3v) is 0.623. The molecule has 0 aliphatic heterocycles. The standard InChI is InChI=1S/C2H4N8O4/c3-1(7-9(11)12)5-6-2(4)8-10(13)14/h(H2,3,7)(H2,4,8)/b6-5-. The Kier molecular flexibility index (Phi) is 4.11. The molecule has 0 radical (unpaired) electrons. The van der Waals surface area contributed by atoms with E-state index in [0.717, 1.165) is 0 Å². The molecule has 0 saturated heterocycles. The van der Waals surface area contributed by atoms with Gasteiger partial charge in [0.05, 0.1) is 0 Å². The number of nitro groups is 2. The highest BCUT2D eigenvalue weighted by molar-refractivity contribution is 5.82. The summed E-state index contributed by atoms with van der Waals surface area (Å²) in [5, 5.41) is 27.9. The van der Waals surface area contributed by atoms with Crippen molar-refractivity contribution in [2.24, 2.45) is 31.9 Å². The van der Waals surface area contributed by atoms with Crippen molar-refractivity contribution in [2.75, 3.05) is 0 Å². The molecule has 0 rings (SSSR count). The van der Waals surface area contributed by atoms with Gasteiger partial charge in [-0.1, -0.05) is 0 Å². The van der Waals surface area contributed by atoms with Gasteiger partial charge in [-0.15, -0.1) is 10.2 Å². The highest BCUT2D eigenvalue weighted by Gasteiger charge is 1.99. The van der Waals surface area contributed by atoms with E-state index >= 15 is 0 Å². The van der Waals surface area contributed by atoms with Gasteiger partial charge in [-0.25, -0.2) is 20.2 Å². The van der Waals surface area contributed by atoms with E-state index in [1.807, 2.05) is 0 Å². The van der Waals surface area contributed by atoms with Crippen LogP contribution >= 0.6 is 0 Å². The zero-order valence-corrected chi connectivity index (χ0v) is 6.47. The van der Waals surface area contributed by atoms with Gasteiger partial charge < -0.3 is 11.5 Å². The Bertz CT molecular complexity index is 296. The highest BCUT2D eigenvalue weighted by Crippen LogP contribution is 1.80. The number of nitrogens with two attached hydrogens (primary N) is 2. The van der Waals surface area contributed by atoms with Crippen molar-refractivity contribution in [1.29, 1.82) is 0 Å². The molecule has 4 N–H and O–H groups in total. The molecular weight excluding hydrogens is 200 g/mol. The molecule has 0 heterocycles. The molecule has 12 nitrogen and oxygen atoms in total. The molecule has 0 aliphatic rings. The summed E-state index contributed by atoms with van der Waals surface area (Å²) < 4.78 is 0. The molecule has 76 valence electrons. The van der Waals surface area contributed by atoms with Crippen LogP contribution in [0, 0.1) is 20.2 Å². The molecule has 0 fully saturated rings. The average Bonchev–Trinajstić information content (AvgIpc) is 1.98. The van der Waals surface area contributed by atoms with E-state index in [0.29, 0.717) is 0 Å². The Labute approximate surface area is 75.3 Å². The second-order valence-corrected chi connectivity index (χ2v) is 1.59. The van der Waals surface area contributed by atoms with E-state index < -0.39 is 22.0 Å². The lowest BCUT2D eigenvalue weighted by Crippen LogP contribution is -2.14. The Morgan fingerprint density at radius 3 is 1.43 bits per heavy atom. The zero-order chi connectivity index (χ0) is 11.1. The smallest absolute Gasteiger partial charge is 0.311 e. The molecule has 0 amide bonds. The van der Waals surface area contributed by atoms with Gasteiger partial charge in [-0.3, -0.25) is 0 Å². The normalized spacial score (nSPS) is 13.1. The van der Waals surface area contributed by atoms with Gasteiger partial charge in [0.2, 0.25) is 0 Å². The fourth-order valence-corrected chi connectivity index (χ4v) is 0.310. The quantitative estimate of drug-likeness (QED) is 0.180. The largest absolute Gasteiger partial charge is 0.362 e. The molecule has 0 saturated carbocycles. The van der Waals surface area contributed by atoms with E-state index in [1.54, 1.807) is 0 Å². The summed E-state index contributed by atoms with van der Waals surface area (Å²) in [4.78, 5) is 19.4. The molecule has 0 unspecified atom stereocenters. The third-order valence-electron chi connectivity index (χ3n) is 0.623. The SMILES string of the molecule is NC(/N=N\C(N)=N\[N+](=O)[O-])=N\[N+](=O)[O-]. The molecule has 12 heteroatoms. The summed E-state index contributed by atoms with van der Waals surface area (Å²) in [6.45, 7) is 0. The van der Waals surface area contributed by atoms with Gasteiger partial charge in [0.25, 0.3) is 0 Å². The Hall–Kier alpha value is -2.66. The Balaban J connectivity index is 4.45. The fourth-order valence-electron chi connectivity index (χ4n) is 0.310. The Morgan fingerprint density at radius 2 is 1.21 bits per heavy atom. The third kappa shape index (κ3) is 6.08. The number of hydrogen-bond donors (Lipinski definition) is 2. The molecule has 14 heavy (non-hydrogen) atoms. The van der Waals surface area contributed by atoms with Crippen molar-refractivity contribution in [3.05, 3.63) is 20.2 Å². The minimum Gasteiger partial charge on any atom is -0.362 e. The van der Waals surface area contributed by atoms with Crippen molar-refractivity contribution in [2.45, 2.75) is 0 Å². The van der Waals surface area contributed by atoms with Crippen LogP contribution in [0.1, 0.15) is 0 Å². The fraction of sp³-hybridized carbons (Fsp3) is 0. The van der Waals surface area contributed by atoms with Crippen LogP contribution < -0.4 is 11.5 Å². The van der Waals surface area contributed by atoms with Crippen molar-refractivity contribution in [3.63, 3.8) is 0 Å². The van der Waals surface area contributed by atoms with Crippen LogP contribution in [0.3, 0.4) is 0 Å². The molecule has 0 aromatic rings. The van der Waals surface area contributed by atoms with Gasteiger partial charge in [0.15, 0.2) is 10.1 Å². The maximum Gasteiger partial charge on any atom is 0.311 e. The summed E-state index contributed by atoms with van der Waals surface area (Å²) in [5.74, 6) is -1.62. The lowest BCUT2D eigenvalue weighted by molar-refractivity contribution is -0.485. The van der Waals surface area contributed by atoms with E-state index in [-0.39, 0.29) is 0 Å². The van der Waals surface area contributed by atoms with Gasteiger partial charge >= 0.3 is 11.9 Å². The molecule has 0 spiro atoms. The minimum atomic E-state index is -1.12. The summed E-state index contributed by atoms with van der Waals surface area (Å²) in [7, 11) is 0. The van der Waals surface area contributed by atoms with E-state index in [4.69, 9.17) is 11.5 Å². The lowest BCUT2D eigenvalue weighted by atomic mass is 11.0.